The minimum absolute atomic E-state index is 0.459. The van der Waals surface area contributed by atoms with Gasteiger partial charge in [0.25, 0.3) is 0 Å². The van der Waals surface area contributed by atoms with Crippen molar-refractivity contribution in [3.8, 4) is 0 Å². The zero-order chi connectivity index (χ0) is 7.35. The van der Waals surface area contributed by atoms with Crippen molar-refractivity contribution in [1.82, 2.24) is 0 Å². The van der Waals surface area contributed by atoms with Crippen molar-refractivity contribution in [3.63, 3.8) is 0 Å². The summed E-state index contributed by atoms with van der Waals surface area (Å²) < 4.78 is 0. The Morgan fingerprint density at radius 1 is 1.30 bits per heavy atom. The van der Waals surface area contributed by atoms with Crippen LogP contribution in [0, 0.1) is 17.3 Å². The van der Waals surface area contributed by atoms with Gasteiger partial charge < -0.3 is 5.73 Å². The minimum Gasteiger partial charge on any atom is -0.327 e. The highest BCUT2D eigenvalue weighted by atomic mass is 14.8. The van der Waals surface area contributed by atoms with Crippen molar-refractivity contribution >= 4 is 0 Å². The summed E-state index contributed by atoms with van der Waals surface area (Å²) in [5.74, 6) is 1.84. The number of rotatable bonds is 0. The van der Waals surface area contributed by atoms with Crippen LogP contribution in [0.5, 0.6) is 0 Å². The lowest BCUT2D eigenvalue weighted by Gasteiger charge is -2.54. The van der Waals surface area contributed by atoms with Crippen LogP contribution in [0.1, 0.15) is 33.1 Å². The van der Waals surface area contributed by atoms with Crippen molar-refractivity contribution in [2.75, 3.05) is 0 Å². The average molecular weight is 139 g/mol. The monoisotopic (exact) mass is 139 g/mol. The van der Waals surface area contributed by atoms with Crippen molar-refractivity contribution in [2.24, 2.45) is 23.0 Å². The molecule has 2 N–H and O–H groups in total. The average Bonchev–Trinajstić information content (AvgIpc) is 2.31. The number of hydrogen-bond donors (Lipinski definition) is 1. The molecule has 2 aliphatic rings. The summed E-state index contributed by atoms with van der Waals surface area (Å²) in [4.78, 5) is 0. The predicted molar refractivity (Wildman–Crippen MR) is 42.6 cm³/mol. The van der Waals surface area contributed by atoms with Gasteiger partial charge in [0.1, 0.15) is 0 Å². The van der Waals surface area contributed by atoms with Crippen LogP contribution in [0.3, 0.4) is 0 Å². The Morgan fingerprint density at radius 2 is 2.00 bits per heavy atom. The Bertz CT molecular complexity index is 151. The van der Waals surface area contributed by atoms with E-state index in [1.165, 1.54) is 19.3 Å². The molecular formula is C9H17N. The van der Waals surface area contributed by atoms with E-state index in [0.717, 1.165) is 11.8 Å². The van der Waals surface area contributed by atoms with Gasteiger partial charge in [-0.2, -0.15) is 0 Å². The van der Waals surface area contributed by atoms with E-state index in [2.05, 4.69) is 13.8 Å². The van der Waals surface area contributed by atoms with Crippen LogP contribution < -0.4 is 5.73 Å². The van der Waals surface area contributed by atoms with E-state index in [-0.39, 0.29) is 0 Å². The summed E-state index contributed by atoms with van der Waals surface area (Å²) in [5, 5.41) is 0. The fourth-order valence-electron chi connectivity index (χ4n) is 3.02. The minimum atomic E-state index is 0.459. The molecule has 2 saturated carbocycles. The maximum absolute atomic E-state index is 6.04. The van der Waals surface area contributed by atoms with E-state index < -0.39 is 0 Å². The first-order valence-electron chi connectivity index (χ1n) is 4.39. The molecule has 0 bridgehead atoms. The summed E-state index contributed by atoms with van der Waals surface area (Å²) >= 11 is 0. The molecule has 0 spiro atoms. The van der Waals surface area contributed by atoms with Gasteiger partial charge in [0.15, 0.2) is 0 Å². The Hall–Kier alpha value is -0.0400. The van der Waals surface area contributed by atoms with E-state index in [9.17, 15) is 0 Å². The molecule has 2 aliphatic carbocycles. The largest absolute Gasteiger partial charge is 0.327 e. The van der Waals surface area contributed by atoms with Gasteiger partial charge in [-0.25, -0.2) is 0 Å². The Balaban J connectivity index is 2.15. The first kappa shape index (κ1) is 6.66. The lowest BCUT2D eigenvalue weighted by atomic mass is 9.53. The number of fused-ring (bicyclic) bond motifs is 1. The van der Waals surface area contributed by atoms with Crippen LogP contribution in [-0.2, 0) is 0 Å². The number of nitrogens with two attached hydrogens (primary N) is 1. The third kappa shape index (κ3) is 0.572. The maximum Gasteiger partial charge on any atom is 0.0124 e. The highest BCUT2D eigenvalue weighted by Crippen LogP contribution is 2.57. The van der Waals surface area contributed by atoms with Crippen LogP contribution in [0.2, 0.25) is 0 Å². The van der Waals surface area contributed by atoms with E-state index >= 15 is 0 Å². The summed E-state index contributed by atoms with van der Waals surface area (Å²) in [5.41, 5.74) is 6.50. The Kier molecular flexibility index (Phi) is 1.17. The van der Waals surface area contributed by atoms with E-state index in [4.69, 9.17) is 5.73 Å². The molecule has 0 aromatic rings. The van der Waals surface area contributed by atoms with Gasteiger partial charge in [0.05, 0.1) is 0 Å². The molecule has 0 heterocycles. The van der Waals surface area contributed by atoms with Gasteiger partial charge in [0.2, 0.25) is 0 Å². The molecule has 0 aromatic carbocycles. The molecule has 58 valence electrons. The van der Waals surface area contributed by atoms with E-state index in [0.29, 0.717) is 11.5 Å². The predicted octanol–water partition coefficient (Wildman–Crippen LogP) is 1.77. The molecule has 0 saturated heterocycles. The second kappa shape index (κ2) is 1.76. The van der Waals surface area contributed by atoms with Crippen LogP contribution in [-0.4, -0.2) is 6.04 Å². The summed E-state index contributed by atoms with van der Waals surface area (Å²) in [6.07, 6.45) is 4.26. The zero-order valence-corrected chi connectivity index (χ0v) is 6.93. The molecule has 1 nitrogen and oxygen atoms in total. The molecule has 0 radical (unpaired) electrons. The fraction of sp³-hybridized carbons (Fsp3) is 1.00. The molecule has 0 aromatic heterocycles. The second-order valence-corrected chi connectivity index (χ2v) is 4.55. The molecule has 3 unspecified atom stereocenters. The molecule has 2 fully saturated rings. The van der Waals surface area contributed by atoms with Crippen LogP contribution in [0.4, 0.5) is 0 Å². The van der Waals surface area contributed by atoms with Crippen molar-refractivity contribution < 1.29 is 0 Å². The first-order valence-corrected chi connectivity index (χ1v) is 4.39. The smallest absolute Gasteiger partial charge is 0.0124 e. The van der Waals surface area contributed by atoms with Crippen LogP contribution in [0.15, 0.2) is 0 Å². The van der Waals surface area contributed by atoms with Crippen molar-refractivity contribution in [2.45, 2.75) is 39.2 Å². The third-order valence-corrected chi connectivity index (χ3v) is 3.85. The van der Waals surface area contributed by atoms with Crippen molar-refractivity contribution in [1.29, 1.82) is 0 Å². The van der Waals surface area contributed by atoms with Gasteiger partial charge in [-0.15, -0.1) is 0 Å². The fourth-order valence-corrected chi connectivity index (χ4v) is 3.02. The molecule has 3 atom stereocenters. The molecular weight excluding hydrogens is 122 g/mol. The van der Waals surface area contributed by atoms with E-state index in [1.807, 2.05) is 0 Å². The van der Waals surface area contributed by atoms with Gasteiger partial charge in [0, 0.05) is 6.04 Å². The molecule has 2 rings (SSSR count). The number of hydrogen-bond acceptors (Lipinski definition) is 1. The standard InChI is InChI=1S/C9H17N/c1-9(2)7-5-3-4-6(7)8(9)10/h6-8H,3-5,10H2,1-2H3. The topological polar surface area (TPSA) is 26.0 Å². The summed E-state index contributed by atoms with van der Waals surface area (Å²) in [6.45, 7) is 4.65. The highest BCUT2D eigenvalue weighted by molar-refractivity contribution is 5.08. The van der Waals surface area contributed by atoms with Crippen molar-refractivity contribution in [3.05, 3.63) is 0 Å². The molecule has 0 amide bonds. The van der Waals surface area contributed by atoms with Crippen LogP contribution >= 0.6 is 0 Å². The lowest BCUT2D eigenvalue weighted by molar-refractivity contribution is -0.0186. The molecule has 10 heavy (non-hydrogen) atoms. The highest BCUT2D eigenvalue weighted by Gasteiger charge is 2.55. The second-order valence-electron chi connectivity index (χ2n) is 4.55. The Morgan fingerprint density at radius 3 is 2.60 bits per heavy atom. The third-order valence-electron chi connectivity index (χ3n) is 3.85. The quantitative estimate of drug-likeness (QED) is 0.544. The first-order chi connectivity index (χ1) is 4.64. The summed E-state index contributed by atoms with van der Waals surface area (Å²) in [7, 11) is 0. The molecule has 1 heteroatoms. The SMILES string of the molecule is CC1(C)C(N)C2CCCC21. The van der Waals surface area contributed by atoms with Crippen LogP contribution in [0.25, 0.3) is 0 Å². The van der Waals surface area contributed by atoms with Gasteiger partial charge in [-0.1, -0.05) is 20.3 Å². The van der Waals surface area contributed by atoms with Gasteiger partial charge in [-0.05, 0) is 30.1 Å². The van der Waals surface area contributed by atoms with Gasteiger partial charge in [-0.3, -0.25) is 0 Å². The lowest BCUT2D eigenvalue weighted by Crippen LogP contribution is -2.60. The Labute approximate surface area is 63.0 Å². The molecule has 0 aliphatic heterocycles. The maximum atomic E-state index is 6.04. The normalized spacial score (nSPS) is 50.1. The summed E-state index contributed by atoms with van der Waals surface area (Å²) in [6, 6.07) is 0.500. The van der Waals surface area contributed by atoms with Gasteiger partial charge >= 0.3 is 0 Å². The van der Waals surface area contributed by atoms with E-state index in [1.54, 1.807) is 0 Å². The zero-order valence-electron chi connectivity index (χ0n) is 6.93.